The lowest BCUT2D eigenvalue weighted by Gasteiger charge is -2.31. The van der Waals surface area contributed by atoms with Crippen LogP contribution in [0.3, 0.4) is 0 Å². The molecule has 3 aliphatic rings. The molecule has 0 atom stereocenters. The maximum absolute atomic E-state index is 12.1. The molecule has 5 nitrogen and oxygen atoms in total. The smallest absolute Gasteiger partial charge is 0.208 e. The number of ketones is 1. The van der Waals surface area contributed by atoms with Gasteiger partial charge >= 0.3 is 0 Å². The number of carbonyl (C=O) groups excluding carboxylic acids is 1. The summed E-state index contributed by atoms with van der Waals surface area (Å²) in [5.41, 5.74) is 0.400. The van der Waals surface area contributed by atoms with Gasteiger partial charge in [0.2, 0.25) is 5.78 Å². The summed E-state index contributed by atoms with van der Waals surface area (Å²) >= 11 is 0. The van der Waals surface area contributed by atoms with Gasteiger partial charge in [-0.1, -0.05) is 0 Å². The van der Waals surface area contributed by atoms with Crippen molar-refractivity contribution in [2.24, 2.45) is 5.41 Å². The van der Waals surface area contributed by atoms with Gasteiger partial charge in [-0.25, -0.2) is 0 Å². The van der Waals surface area contributed by atoms with Gasteiger partial charge in [0.05, 0.1) is 25.2 Å². The fraction of sp³-hybridized carbons (Fsp3) is 0.700. The Bertz CT molecular complexity index is 327. The van der Waals surface area contributed by atoms with Crippen LogP contribution in [0.25, 0.3) is 0 Å². The Kier molecular flexibility index (Phi) is 2.05. The molecule has 0 unspecified atom stereocenters. The van der Waals surface area contributed by atoms with Crippen molar-refractivity contribution in [1.82, 2.24) is 0 Å². The Morgan fingerprint density at radius 3 is 2.60 bits per heavy atom. The van der Waals surface area contributed by atoms with E-state index >= 15 is 0 Å². The average Bonchev–Trinajstić information content (AvgIpc) is 2.54. The van der Waals surface area contributed by atoms with E-state index in [4.69, 9.17) is 18.9 Å². The van der Waals surface area contributed by atoms with Gasteiger partial charge in [-0.3, -0.25) is 4.79 Å². The summed E-state index contributed by atoms with van der Waals surface area (Å²) in [4.78, 5) is 12.1. The number of hydrogen-bond acceptors (Lipinski definition) is 5. The second kappa shape index (κ2) is 3.30. The lowest BCUT2D eigenvalue weighted by atomic mass is 9.84. The summed E-state index contributed by atoms with van der Waals surface area (Å²) in [6.07, 6.45) is 0.640. The first-order valence-corrected chi connectivity index (χ1v) is 4.95. The van der Waals surface area contributed by atoms with Crippen LogP contribution >= 0.6 is 0 Å². The molecule has 2 heterocycles. The zero-order valence-corrected chi connectivity index (χ0v) is 8.28. The number of allylic oxidation sites excluding steroid dienone is 1. The van der Waals surface area contributed by atoms with E-state index in [2.05, 4.69) is 0 Å². The van der Waals surface area contributed by atoms with Crippen LogP contribution in [-0.4, -0.2) is 39.2 Å². The van der Waals surface area contributed by atoms with Crippen LogP contribution in [0.15, 0.2) is 11.3 Å². The van der Waals surface area contributed by atoms with E-state index in [1.165, 1.54) is 0 Å². The molecule has 2 aliphatic heterocycles. The maximum atomic E-state index is 12.1. The number of rotatable bonds is 0. The summed E-state index contributed by atoms with van der Waals surface area (Å²) in [6, 6.07) is 0. The highest BCUT2D eigenvalue weighted by Gasteiger charge is 2.50. The number of hydrogen-bond donors (Lipinski definition) is 0. The van der Waals surface area contributed by atoms with Crippen molar-refractivity contribution in [3.05, 3.63) is 11.3 Å². The fourth-order valence-electron chi connectivity index (χ4n) is 2.33. The topological polar surface area (TPSA) is 54.0 Å². The summed E-state index contributed by atoms with van der Waals surface area (Å²) in [6.45, 7) is 1.77. The normalized spacial score (nSPS) is 29.2. The molecule has 0 bridgehead atoms. The molecule has 1 fully saturated rings. The van der Waals surface area contributed by atoms with E-state index in [0.29, 0.717) is 32.0 Å². The van der Waals surface area contributed by atoms with E-state index in [0.717, 1.165) is 5.57 Å². The maximum Gasteiger partial charge on any atom is 0.208 e. The lowest BCUT2D eigenvalue weighted by Crippen LogP contribution is -2.42. The van der Waals surface area contributed by atoms with Gasteiger partial charge in [0.25, 0.3) is 0 Å². The molecule has 15 heavy (non-hydrogen) atoms. The van der Waals surface area contributed by atoms with E-state index in [-0.39, 0.29) is 19.4 Å². The van der Waals surface area contributed by atoms with Gasteiger partial charge in [0.1, 0.15) is 6.79 Å². The fourth-order valence-corrected chi connectivity index (χ4v) is 2.33. The van der Waals surface area contributed by atoms with Crippen LogP contribution < -0.4 is 0 Å². The zero-order chi connectivity index (χ0) is 10.3. The van der Waals surface area contributed by atoms with Gasteiger partial charge in [-0.2, -0.15) is 0 Å². The summed E-state index contributed by atoms with van der Waals surface area (Å²) in [5.74, 6) is 0.496. The summed E-state index contributed by atoms with van der Waals surface area (Å²) in [7, 11) is 0. The molecule has 1 aliphatic carbocycles. The Morgan fingerprint density at radius 2 is 1.87 bits per heavy atom. The molecule has 3 rings (SSSR count). The first kappa shape index (κ1) is 9.33. The molecule has 0 aromatic heterocycles. The molecule has 0 radical (unpaired) electrons. The largest absolute Gasteiger partial charge is 0.464 e. The van der Waals surface area contributed by atoms with Gasteiger partial charge in [0, 0.05) is 5.57 Å². The molecule has 82 valence electrons. The third kappa shape index (κ3) is 1.31. The van der Waals surface area contributed by atoms with Gasteiger partial charge in [-0.15, -0.1) is 0 Å². The molecular weight excluding hydrogens is 200 g/mol. The van der Waals surface area contributed by atoms with Crippen molar-refractivity contribution in [3.8, 4) is 0 Å². The highest BCUT2D eigenvalue weighted by Crippen LogP contribution is 2.42. The van der Waals surface area contributed by atoms with Crippen LogP contribution in [0.4, 0.5) is 0 Å². The standard InChI is InChI=1S/C10H12O5/c11-9-8-7(2-12-6-15-8)1-10(9)3-13-5-14-4-10/h1-6H2. The van der Waals surface area contributed by atoms with Gasteiger partial charge in [0.15, 0.2) is 12.6 Å². The van der Waals surface area contributed by atoms with E-state index < -0.39 is 5.41 Å². The number of ether oxygens (including phenoxy) is 4. The van der Waals surface area contributed by atoms with E-state index in [9.17, 15) is 4.79 Å². The summed E-state index contributed by atoms with van der Waals surface area (Å²) < 4.78 is 20.8. The van der Waals surface area contributed by atoms with Crippen LogP contribution in [0.5, 0.6) is 0 Å². The molecule has 0 N–H and O–H groups in total. The SMILES string of the molecule is O=C1C2=C(COCO2)CC12COCOC2. The monoisotopic (exact) mass is 212 g/mol. The van der Waals surface area contributed by atoms with Crippen LogP contribution in [0, 0.1) is 5.41 Å². The highest BCUT2D eigenvalue weighted by molar-refractivity contribution is 6.02. The van der Waals surface area contributed by atoms with E-state index in [1.807, 2.05) is 0 Å². The number of carbonyl (C=O) groups is 1. The minimum absolute atomic E-state index is 0.0144. The third-order valence-electron chi connectivity index (χ3n) is 3.05. The second-order valence-corrected chi connectivity index (χ2v) is 4.14. The van der Waals surface area contributed by atoms with E-state index in [1.54, 1.807) is 0 Å². The Balaban J connectivity index is 1.88. The quantitative estimate of drug-likeness (QED) is 0.574. The van der Waals surface area contributed by atoms with Crippen LogP contribution in [0.2, 0.25) is 0 Å². The molecule has 5 heteroatoms. The van der Waals surface area contributed by atoms with Gasteiger partial charge < -0.3 is 18.9 Å². The molecule has 1 spiro atoms. The first-order chi connectivity index (χ1) is 7.32. The van der Waals surface area contributed by atoms with Crippen molar-refractivity contribution >= 4 is 5.78 Å². The van der Waals surface area contributed by atoms with Crippen molar-refractivity contribution < 1.29 is 23.7 Å². The van der Waals surface area contributed by atoms with Gasteiger partial charge in [-0.05, 0) is 6.42 Å². The van der Waals surface area contributed by atoms with Crippen LogP contribution in [0.1, 0.15) is 6.42 Å². The second-order valence-electron chi connectivity index (χ2n) is 4.14. The highest BCUT2D eigenvalue weighted by atomic mass is 16.7. The minimum atomic E-state index is -0.545. The Morgan fingerprint density at radius 1 is 1.07 bits per heavy atom. The average molecular weight is 212 g/mol. The number of Topliss-reactive ketones (excluding diaryl/α,β-unsaturated/α-hetero) is 1. The summed E-state index contributed by atoms with van der Waals surface area (Å²) in [5, 5.41) is 0. The van der Waals surface area contributed by atoms with Crippen molar-refractivity contribution in [3.63, 3.8) is 0 Å². The molecule has 0 amide bonds. The lowest BCUT2D eigenvalue weighted by molar-refractivity contribution is -0.172. The third-order valence-corrected chi connectivity index (χ3v) is 3.05. The molecular formula is C10H12O5. The van der Waals surface area contributed by atoms with Crippen molar-refractivity contribution in [2.45, 2.75) is 6.42 Å². The Hall–Kier alpha value is -0.910. The van der Waals surface area contributed by atoms with Crippen molar-refractivity contribution in [2.75, 3.05) is 33.4 Å². The first-order valence-electron chi connectivity index (χ1n) is 4.95. The molecule has 0 aromatic rings. The predicted molar refractivity (Wildman–Crippen MR) is 47.8 cm³/mol. The predicted octanol–water partition coefficient (Wildman–Crippen LogP) is 0.208. The van der Waals surface area contributed by atoms with Crippen molar-refractivity contribution in [1.29, 1.82) is 0 Å². The minimum Gasteiger partial charge on any atom is -0.464 e. The Labute approximate surface area is 86.9 Å². The van der Waals surface area contributed by atoms with Crippen LogP contribution in [-0.2, 0) is 23.7 Å². The molecule has 0 saturated carbocycles. The molecule has 1 saturated heterocycles. The molecule has 0 aromatic carbocycles. The zero-order valence-electron chi connectivity index (χ0n) is 8.28.